The summed E-state index contributed by atoms with van der Waals surface area (Å²) in [6.07, 6.45) is 4.93. The average Bonchev–Trinajstić information content (AvgIpc) is 1.99. The van der Waals surface area contributed by atoms with Gasteiger partial charge in [-0.05, 0) is 18.8 Å². The first-order chi connectivity index (χ1) is 4.76. The Kier molecular flexibility index (Phi) is 5.70. The Hall–Kier alpha value is -0.0400. The fourth-order valence-electron chi connectivity index (χ4n) is 1.43. The summed E-state index contributed by atoms with van der Waals surface area (Å²) in [5.74, 6) is 0.759. The summed E-state index contributed by atoms with van der Waals surface area (Å²) in [7, 11) is 0. The average molecular weight is 143 g/mol. The molecule has 0 radical (unpaired) electrons. The molecule has 0 heterocycles. The standard InChI is InChI=1S/C9H21N/c1-4-7-8(5-2)9(10)6-3/h8-9H,4-7,10H2,1-3H3. The van der Waals surface area contributed by atoms with E-state index in [-0.39, 0.29) is 0 Å². The van der Waals surface area contributed by atoms with Gasteiger partial charge in [0.1, 0.15) is 0 Å². The lowest BCUT2D eigenvalue weighted by molar-refractivity contribution is 0.370. The van der Waals surface area contributed by atoms with Crippen LogP contribution in [0.1, 0.15) is 46.5 Å². The molecule has 0 aromatic carbocycles. The first kappa shape index (κ1) is 9.96. The zero-order valence-electron chi connectivity index (χ0n) is 7.56. The third-order valence-corrected chi connectivity index (χ3v) is 2.26. The maximum atomic E-state index is 5.91. The van der Waals surface area contributed by atoms with Gasteiger partial charge in [0, 0.05) is 6.04 Å². The van der Waals surface area contributed by atoms with Crippen LogP contribution in [-0.4, -0.2) is 6.04 Å². The minimum atomic E-state index is 0.435. The predicted octanol–water partition coefficient (Wildman–Crippen LogP) is 2.55. The van der Waals surface area contributed by atoms with Gasteiger partial charge < -0.3 is 5.73 Å². The maximum absolute atomic E-state index is 5.91. The Morgan fingerprint density at radius 1 is 1.10 bits per heavy atom. The molecular formula is C9H21N. The van der Waals surface area contributed by atoms with Crippen molar-refractivity contribution in [1.82, 2.24) is 0 Å². The Morgan fingerprint density at radius 2 is 1.70 bits per heavy atom. The molecule has 2 atom stereocenters. The second-order valence-corrected chi connectivity index (χ2v) is 3.03. The minimum absolute atomic E-state index is 0.435. The number of rotatable bonds is 5. The largest absolute Gasteiger partial charge is 0.327 e. The number of hydrogen-bond donors (Lipinski definition) is 1. The van der Waals surface area contributed by atoms with Crippen molar-refractivity contribution in [3.8, 4) is 0 Å². The Balaban J connectivity index is 3.56. The van der Waals surface area contributed by atoms with Crippen molar-refractivity contribution < 1.29 is 0 Å². The van der Waals surface area contributed by atoms with Crippen molar-refractivity contribution in [2.75, 3.05) is 0 Å². The van der Waals surface area contributed by atoms with Crippen molar-refractivity contribution in [1.29, 1.82) is 0 Å². The van der Waals surface area contributed by atoms with Crippen LogP contribution in [0, 0.1) is 5.92 Å². The lowest BCUT2D eigenvalue weighted by Gasteiger charge is -2.20. The van der Waals surface area contributed by atoms with Gasteiger partial charge in [-0.15, -0.1) is 0 Å². The van der Waals surface area contributed by atoms with Gasteiger partial charge in [-0.3, -0.25) is 0 Å². The molecule has 10 heavy (non-hydrogen) atoms. The van der Waals surface area contributed by atoms with Crippen LogP contribution in [-0.2, 0) is 0 Å². The molecule has 0 bridgehead atoms. The second-order valence-electron chi connectivity index (χ2n) is 3.03. The highest BCUT2D eigenvalue weighted by molar-refractivity contribution is 4.69. The summed E-state index contributed by atoms with van der Waals surface area (Å²) in [5, 5.41) is 0. The van der Waals surface area contributed by atoms with E-state index in [2.05, 4.69) is 20.8 Å². The molecule has 62 valence electrons. The summed E-state index contributed by atoms with van der Waals surface area (Å²) in [6.45, 7) is 6.63. The van der Waals surface area contributed by atoms with E-state index in [1.165, 1.54) is 19.3 Å². The number of nitrogens with two attached hydrogens (primary N) is 1. The lowest BCUT2D eigenvalue weighted by Crippen LogP contribution is -2.28. The molecule has 2 unspecified atom stereocenters. The second kappa shape index (κ2) is 5.72. The topological polar surface area (TPSA) is 26.0 Å². The Bertz CT molecular complexity index is 71.1. The van der Waals surface area contributed by atoms with Gasteiger partial charge >= 0.3 is 0 Å². The first-order valence-corrected chi connectivity index (χ1v) is 4.51. The molecule has 0 rings (SSSR count). The molecular weight excluding hydrogens is 122 g/mol. The van der Waals surface area contributed by atoms with E-state index in [4.69, 9.17) is 5.73 Å². The number of hydrogen-bond acceptors (Lipinski definition) is 1. The predicted molar refractivity (Wildman–Crippen MR) is 47.0 cm³/mol. The van der Waals surface area contributed by atoms with Gasteiger partial charge in [0.25, 0.3) is 0 Å². The van der Waals surface area contributed by atoms with Crippen molar-refractivity contribution in [3.05, 3.63) is 0 Å². The molecule has 0 aliphatic heterocycles. The molecule has 2 N–H and O–H groups in total. The molecule has 0 saturated carbocycles. The lowest BCUT2D eigenvalue weighted by atomic mass is 9.91. The van der Waals surface area contributed by atoms with E-state index in [0.717, 1.165) is 12.3 Å². The van der Waals surface area contributed by atoms with Gasteiger partial charge in [-0.2, -0.15) is 0 Å². The molecule has 0 spiro atoms. The van der Waals surface area contributed by atoms with E-state index in [1.807, 2.05) is 0 Å². The quantitative estimate of drug-likeness (QED) is 0.629. The van der Waals surface area contributed by atoms with E-state index in [9.17, 15) is 0 Å². The van der Waals surface area contributed by atoms with E-state index >= 15 is 0 Å². The van der Waals surface area contributed by atoms with Crippen LogP contribution in [0.3, 0.4) is 0 Å². The van der Waals surface area contributed by atoms with E-state index in [0.29, 0.717) is 6.04 Å². The van der Waals surface area contributed by atoms with Crippen LogP contribution in [0.2, 0.25) is 0 Å². The fraction of sp³-hybridized carbons (Fsp3) is 1.00. The zero-order valence-corrected chi connectivity index (χ0v) is 7.56. The summed E-state index contributed by atoms with van der Waals surface area (Å²) >= 11 is 0. The van der Waals surface area contributed by atoms with Crippen LogP contribution in [0.5, 0.6) is 0 Å². The highest BCUT2D eigenvalue weighted by atomic mass is 14.6. The summed E-state index contributed by atoms with van der Waals surface area (Å²) in [5.41, 5.74) is 5.91. The van der Waals surface area contributed by atoms with Gasteiger partial charge in [0.15, 0.2) is 0 Å². The van der Waals surface area contributed by atoms with Crippen LogP contribution >= 0.6 is 0 Å². The van der Waals surface area contributed by atoms with Crippen LogP contribution in [0.15, 0.2) is 0 Å². The highest BCUT2D eigenvalue weighted by Crippen LogP contribution is 2.15. The highest BCUT2D eigenvalue weighted by Gasteiger charge is 2.11. The molecule has 0 amide bonds. The zero-order chi connectivity index (χ0) is 7.98. The minimum Gasteiger partial charge on any atom is -0.327 e. The Morgan fingerprint density at radius 3 is 2.00 bits per heavy atom. The SMILES string of the molecule is CCCC(CC)C(N)CC. The van der Waals surface area contributed by atoms with E-state index in [1.54, 1.807) is 0 Å². The van der Waals surface area contributed by atoms with Gasteiger partial charge in [0.2, 0.25) is 0 Å². The molecule has 0 saturated heterocycles. The fourth-order valence-corrected chi connectivity index (χ4v) is 1.43. The van der Waals surface area contributed by atoms with Gasteiger partial charge in [-0.25, -0.2) is 0 Å². The summed E-state index contributed by atoms with van der Waals surface area (Å²) in [6, 6.07) is 0.435. The third-order valence-electron chi connectivity index (χ3n) is 2.26. The van der Waals surface area contributed by atoms with Crippen molar-refractivity contribution in [2.24, 2.45) is 11.7 Å². The Labute approximate surface area is 65.0 Å². The molecule has 1 nitrogen and oxygen atoms in total. The van der Waals surface area contributed by atoms with E-state index < -0.39 is 0 Å². The molecule has 0 aromatic rings. The monoisotopic (exact) mass is 143 g/mol. The molecule has 0 aromatic heterocycles. The summed E-state index contributed by atoms with van der Waals surface area (Å²) < 4.78 is 0. The van der Waals surface area contributed by atoms with Crippen molar-refractivity contribution in [3.63, 3.8) is 0 Å². The van der Waals surface area contributed by atoms with Gasteiger partial charge in [0.05, 0.1) is 0 Å². The summed E-state index contributed by atoms with van der Waals surface area (Å²) in [4.78, 5) is 0. The third kappa shape index (κ3) is 3.21. The maximum Gasteiger partial charge on any atom is 0.00644 e. The van der Waals surface area contributed by atoms with Crippen molar-refractivity contribution in [2.45, 2.75) is 52.5 Å². The molecule has 0 aliphatic rings. The first-order valence-electron chi connectivity index (χ1n) is 4.51. The molecule has 0 aliphatic carbocycles. The molecule has 1 heteroatoms. The normalized spacial score (nSPS) is 16.8. The van der Waals surface area contributed by atoms with Crippen LogP contribution in [0.25, 0.3) is 0 Å². The smallest absolute Gasteiger partial charge is 0.00644 e. The van der Waals surface area contributed by atoms with Crippen molar-refractivity contribution >= 4 is 0 Å². The van der Waals surface area contributed by atoms with Crippen LogP contribution < -0.4 is 5.73 Å². The van der Waals surface area contributed by atoms with Gasteiger partial charge in [-0.1, -0.05) is 33.6 Å². The van der Waals surface area contributed by atoms with Crippen LogP contribution in [0.4, 0.5) is 0 Å². The molecule has 0 fully saturated rings.